The molecule has 1 aromatic carbocycles. The van der Waals surface area contributed by atoms with Crippen LogP contribution in [0.4, 0.5) is 0 Å². The van der Waals surface area contributed by atoms with Gasteiger partial charge in [-0.15, -0.1) is 23.1 Å². The summed E-state index contributed by atoms with van der Waals surface area (Å²) in [6.45, 7) is 0. The Morgan fingerprint density at radius 3 is 2.77 bits per heavy atom. The average molecular weight is 328 g/mol. The van der Waals surface area contributed by atoms with Gasteiger partial charge in [-0.05, 0) is 24.3 Å². The summed E-state index contributed by atoms with van der Waals surface area (Å²) in [6.07, 6.45) is 1.74. The Hall–Kier alpha value is -2.18. The van der Waals surface area contributed by atoms with Gasteiger partial charge in [0.05, 0.1) is 17.0 Å². The van der Waals surface area contributed by atoms with Crippen LogP contribution in [-0.4, -0.2) is 21.0 Å². The number of nitrogens with zero attached hydrogens (tertiary/aromatic N) is 2. The summed E-state index contributed by atoms with van der Waals surface area (Å²) in [5.74, 6) is -0.274. The molecule has 2 heterocycles. The molecule has 0 spiro atoms. The number of hydrogen-bond donors (Lipinski definition) is 1. The van der Waals surface area contributed by atoms with E-state index >= 15 is 0 Å². The summed E-state index contributed by atoms with van der Waals surface area (Å²) < 4.78 is 0. The van der Waals surface area contributed by atoms with Gasteiger partial charge in [-0.25, -0.2) is 9.78 Å². The summed E-state index contributed by atoms with van der Waals surface area (Å²) in [7, 11) is 0. The first-order valence-corrected chi connectivity index (χ1v) is 8.41. The number of carbonyl (C=O) groups is 1. The second-order valence-electron chi connectivity index (χ2n) is 4.45. The summed E-state index contributed by atoms with van der Waals surface area (Å²) in [4.78, 5) is 20.8. The molecule has 0 saturated carbocycles. The van der Waals surface area contributed by atoms with Gasteiger partial charge in [-0.2, -0.15) is 0 Å². The van der Waals surface area contributed by atoms with E-state index in [0.29, 0.717) is 11.3 Å². The lowest BCUT2D eigenvalue weighted by Gasteiger charge is -2.03. The molecule has 22 heavy (non-hydrogen) atoms. The SMILES string of the molecule is O=C(O)c1ccccc1SCc1csc(-c2ccccn2)n1. The lowest BCUT2D eigenvalue weighted by atomic mass is 10.2. The van der Waals surface area contributed by atoms with Gasteiger partial charge in [0, 0.05) is 22.2 Å². The summed E-state index contributed by atoms with van der Waals surface area (Å²) in [6, 6.07) is 12.7. The highest BCUT2D eigenvalue weighted by Gasteiger charge is 2.11. The van der Waals surface area contributed by atoms with Crippen LogP contribution in [0.25, 0.3) is 10.7 Å². The Kier molecular flexibility index (Phi) is 4.50. The number of benzene rings is 1. The van der Waals surface area contributed by atoms with Crippen molar-refractivity contribution in [3.8, 4) is 10.7 Å². The Morgan fingerprint density at radius 2 is 2.00 bits per heavy atom. The highest BCUT2D eigenvalue weighted by molar-refractivity contribution is 7.98. The molecule has 0 aliphatic carbocycles. The minimum atomic E-state index is -0.907. The molecule has 0 unspecified atom stereocenters. The van der Waals surface area contributed by atoms with E-state index in [1.165, 1.54) is 11.8 Å². The monoisotopic (exact) mass is 328 g/mol. The first-order chi connectivity index (χ1) is 10.7. The van der Waals surface area contributed by atoms with Crippen molar-refractivity contribution in [3.63, 3.8) is 0 Å². The number of carboxylic acid groups (broad SMARTS) is 1. The molecule has 2 aromatic heterocycles. The number of carboxylic acids is 1. The van der Waals surface area contributed by atoms with Gasteiger partial charge in [0.2, 0.25) is 0 Å². The lowest BCUT2D eigenvalue weighted by Crippen LogP contribution is -1.98. The molecule has 3 aromatic rings. The molecular weight excluding hydrogens is 316 g/mol. The smallest absolute Gasteiger partial charge is 0.336 e. The van der Waals surface area contributed by atoms with E-state index in [4.69, 9.17) is 0 Å². The fourth-order valence-electron chi connectivity index (χ4n) is 1.90. The van der Waals surface area contributed by atoms with Gasteiger partial charge in [0.25, 0.3) is 0 Å². The van der Waals surface area contributed by atoms with Gasteiger partial charge >= 0.3 is 5.97 Å². The zero-order valence-electron chi connectivity index (χ0n) is 11.5. The largest absolute Gasteiger partial charge is 0.478 e. The molecule has 0 aliphatic rings. The van der Waals surface area contributed by atoms with Crippen LogP contribution >= 0.6 is 23.1 Å². The minimum Gasteiger partial charge on any atom is -0.478 e. The maximum Gasteiger partial charge on any atom is 0.336 e. The minimum absolute atomic E-state index is 0.327. The average Bonchev–Trinajstić information content (AvgIpc) is 3.03. The maximum atomic E-state index is 11.2. The van der Waals surface area contributed by atoms with Gasteiger partial charge in [0.1, 0.15) is 5.01 Å². The van der Waals surface area contributed by atoms with Crippen molar-refractivity contribution in [1.82, 2.24) is 9.97 Å². The predicted molar refractivity (Wildman–Crippen MR) is 88.3 cm³/mol. The van der Waals surface area contributed by atoms with Crippen LogP contribution in [0.3, 0.4) is 0 Å². The number of thiazole rings is 1. The molecule has 1 N–H and O–H groups in total. The fraction of sp³-hybridized carbons (Fsp3) is 0.0625. The molecule has 0 aliphatic heterocycles. The second-order valence-corrected chi connectivity index (χ2v) is 6.32. The van der Waals surface area contributed by atoms with E-state index in [2.05, 4.69) is 9.97 Å². The molecule has 0 radical (unpaired) electrons. The third kappa shape index (κ3) is 3.35. The molecule has 3 rings (SSSR count). The molecule has 4 nitrogen and oxygen atoms in total. The number of rotatable bonds is 5. The van der Waals surface area contributed by atoms with Gasteiger partial charge in [-0.1, -0.05) is 18.2 Å². The van der Waals surface area contributed by atoms with E-state index in [1.807, 2.05) is 35.7 Å². The maximum absolute atomic E-state index is 11.2. The van der Waals surface area contributed by atoms with Crippen LogP contribution in [0.2, 0.25) is 0 Å². The standard InChI is InChI=1S/C16H12N2O2S2/c19-16(20)12-5-1-2-7-14(12)21-9-11-10-22-15(18-11)13-6-3-4-8-17-13/h1-8,10H,9H2,(H,19,20). The first-order valence-electron chi connectivity index (χ1n) is 6.55. The van der Waals surface area contributed by atoms with E-state index in [-0.39, 0.29) is 0 Å². The Balaban J connectivity index is 1.73. The quantitative estimate of drug-likeness (QED) is 0.711. The van der Waals surface area contributed by atoms with E-state index in [1.54, 1.807) is 29.7 Å². The van der Waals surface area contributed by atoms with Crippen LogP contribution in [0, 0.1) is 0 Å². The number of aromatic carboxylic acids is 1. The van der Waals surface area contributed by atoms with Crippen molar-refractivity contribution in [2.75, 3.05) is 0 Å². The van der Waals surface area contributed by atoms with Gasteiger partial charge in [-0.3, -0.25) is 4.98 Å². The topological polar surface area (TPSA) is 63.1 Å². The number of hydrogen-bond acceptors (Lipinski definition) is 5. The second kappa shape index (κ2) is 6.72. The van der Waals surface area contributed by atoms with Crippen LogP contribution in [-0.2, 0) is 5.75 Å². The highest BCUT2D eigenvalue weighted by Crippen LogP contribution is 2.28. The molecule has 0 fully saturated rings. The Labute approximate surface area is 135 Å². The number of thioether (sulfide) groups is 1. The van der Waals surface area contributed by atoms with E-state index < -0.39 is 5.97 Å². The number of aromatic nitrogens is 2. The van der Waals surface area contributed by atoms with Crippen molar-refractivity contribution in [2.45, 2.75) is 10.6 Å². The van der Waals surface area contributed by atoms with E-state index in [9.17, 15) is 9.90 Å². The van der Waals surface area contributed by atoms with Crippen LogP contribution < -0.4 is 0 Å². The van der Waals surface area contributed by atoms with Crippen molar-refractivity contribution in [3.05, 3.63) is 65.3 Å². The van der Waals surface area contributed by atoms with Crippen molar-refractivity contribution in [1.29, 1.82) is 0 Å². The molecule has 6 heteroatoms. The molecule has 0 amide bonds. The summed E-state index contributed by atoms with van der Waals surface area (Å²) >= 11 is 3.02. The zero-order valence-corrected chi connectivity index (χ0v) is 13.1. The van der Waals surface area contributed by atoms with Gasteiger partial charge in [0.15, 0.2) is 0 Å². The Bertz CT molecular complexity index is 788. The Morgan fingerprint density at radius 1 is 1.18 bits per heavy atom. The van der Waals surface area contributed by atoms with E-state index in [0.717, 1.165) is 21.3 Å². The summed E-state index contributed by atoms with van der Waals surface area (Å²) in [5.41, 5.74) is 2.11. The predicted octanol–water partition coefficient (Wildman–Crippen LogP) is 4.20. The first kappa shape index (κ1) is 14.7. The van der Waals surface area contributed by atoms with Gasteiger partial charge < -0.3 is 5.11 Å². The zero-order chi connectivity index (χ0) is 15.4. The molecule has 110 valence electrons. The van der Waals surface area contributed by atoms with Crippen LogP contribution in [0.1, 0.15) is 16.1 Å². The highest BCUT2D eigenvalue weighted by atomic mass is 32.2. The molecule has 0 bridgehead atoms. The third-order valence-corrected chi connectivity index (χ3v) is 4.95. The molecule has 0 atom stereocenters. The van der Waals surface area contributed by atoms with Crippen LogP contribution in [0.15, 0.2) is 58.9 Å². The lowest BCUT2D eigenvalue weighted by molar-refractivity contribution is 0.0693. The molecular formula is C16H12N2O2S2. The van der Waals surface area contributed by atoms with Crippen molar-refractivity contribution in [2.24, 2.45) is 0 Å². The van der Waals surface area contributed by atoms with Crippen LogP contribution in [0.5, 0.6) is 0 Å². The summed E-state index contributed by atoms with van der Waals surface area (Å²) in [5, 5.41) is 12.0. The van der Waals surface area contributed by atoms with Crippen molar-refractivity contribution < 1.29 is 9.90 Å². The van der Waals surface area contributed by atoms with Crippen molar-refractivity contribution >= 4 is 29.1 Å². The fourth-order valence-corrected chi connectivity index (χ4v) is 3.74. The third-order valence-electron chi connectivity index (χ3n) is 2.93. The normalized spacial score (nSPS) is 10.5. The molecule has 0 saturated heterocycles. The number of pyridine rings is 1.